The van der Waals surface area contributed by atoms with Crippen LogP contribution in [0.15, 0.2) is 146 Å². The van der Waals surface area contributed by atoms with Gasteiger partial charge in [0.15, 0.2) is 0 Å². The molecule has 0 spiro atoms. The van der Waals surface area contributed by atoms with E-state index in [4.69, 9.17) is 30.4 Å². The summed E-state index contributed by atoms with van der Waals surface area (Å²) in [6.45, 7) is 0. The number of rotatable bonds is 23. The molecule has 1 aromatic heterocycles. The first kappa shape index (κ1) is 49.1. The predicted molar refractivity (Wildman–Crippen MR) is 283 cm³/mol. The number of hydrogen-bond acceptors (Lipinski definition) is 11. The molecule has 0 aliphatic heterocycles. The number of nitrogens with zero attached hydrogens (tertiary/aromatic N) is 4. The van der Waals surface area contributed by atoms with Crippen LogP contribution in [-0.2, 0) is 44.9 Å². The Kier molecular flexibility index (Phi) is 15.8. The SMILES string of the molecule is Nc1c(N)c(-c2ccc(N(c3ccc(CCCC(=O)O)cc3)c3ccc(CCC(=O)O)cc3)cc2)c2nsnc2c1-c1ccc(N(c2ccc(CCCC=O)cc2)c2ccc(CCCC(=O)O)cc2)cc1. The third-order valence-electron chi connectivity index (χ3n) is 12.5. The van der Waals surface area contributed by atoms with Crippen LogP contribution < -0.4 is 21.3 Å². The molecule has 71 heavy (non-hydrogen) atoms. The number of aryl methyl sites for hydroxylation is 4. The molecular formula is C57H54N6O7S. The minimum absolute atomic E-state index is 0.0362. The highest BCUT2D eigenvalue weighted by Gasteiger charge is 2.23. The number of benzene rings is 7. The van der Waals surface area contributed by atoms with E-state index in [0.29, 0.717) is 72.1 Å². The van der Waals surface area contributed by atoms with Gasteiger partial charge in [-0.3, -0.25) is 14.4 Å². The maximum absolute atomic E-state index is 11.3. The summed E-state index contributed by atoms with van der Waals surface area (Å²) in [4.78, 5) is 48.7. The summed E-state index contributed by atoms with van der Waals surface area (Å²) < 4.78 is 9.52. The Bertz CT molecular complexity index is 3120. The maximum atomic E-state index is 11.3. The first-order valence-corrected chi connectivity index (χ1v) is 24.3. The van der Waals surface area contributed by atoms with Crippen molar-refractivity contribution in [2.45, 2.75) is 70.6 Å². The van der Waals surface area contributed by atoms with Gasteiger partial charge in [0.05, 0.1) is 23.1 Å². The Labute approximate surface area is 416 Å². The fourth-order valence-corrected chi connectivity index (χ4v) is 9.41. The molecule has 0 amide bonds. The normalized spacial score (nSPS) is 11.1. The van der Waals surface area contributed by atoms with E-state index >= 15 is 0 Å². The zero-order valence-electron chi connectivity index (χ0n) is 39.0. The van der Waals surface area contributed by atoms with Gasteiger partial charge in [-0.1, -0.05) is 72.8 Å². The van der Waals surface area contributed by atoms with Gasteiger partial charge >= 0.3 is 17.9 Å². The van der Waals surface area contributed by atoms with Crippen molar-refractivity contribution in [3.05, 3.63) is 168 Å². The minimum atomic E-state index is -0.852. The van der Waals surface area contributed by atoms with Gasteiger partial charge in [0.25, 0.3) is 0 Å². The summed E-state index contributed by atoms with van der Waals surface area (Å²) in [6, 6.07) is 48.4. The molecule has 0 unspecified atom stereocenters. The van der Waals surface area contributed by atoms with E-state index in [1.165, 1.54) is 0 Å². The lowest BCUT2D eigenvalue weighted by molar-refractivity contribution is -0.138. The Morgan fingerprint density at radius 1 is 0.437 bits per heavy atom. The number of aldehydes is 1. The summed E-state index contributed by atoms with van der Waals surface area (Å²) in [7, 11) is 0. The summed E-state index contributed by atoms with van der Waals surface area (Å²) in [5.74, 6) is -2.48. The van der Waals surface area contributed by atoms with E-state index in [1.807, 2.05) is 121 Å². The Morgan fingerprint density at radius 2 is 0.732 bits per heavy atom. The molecule has 0 atom stereocenters. The first-order chi connectivity index (χ1) is 34.5. The molecule has 1 heterocycles. The fraction of sp³-hybridized carbons (Fsp3) is 0.193. The van der Waals surface area contributed by atoms with Gasteiger partial charge in [-0.25, -0.2) is 0 Å². The molecule has 0 aliphatic carbocycles. The van der Waals surface area contributed by atoms with Crippen molar-refractivity contribution in [1.29, 1.82) is 0 Å². The topological polar surface area (TPSA) is 213 Å². The van der Waals surface area contributed by atoms with Gasteiger partial charge in [0.2, 0.25) is 0 Å². The van der Waals surface area contributed by atoms with E-state index < -0.39 is 17.9 Å². The van der Waals surface area contributed by atoms with Crippen molar-refractivity contribution in [1.82, 2.24) is 8.75 Å². The lowest BCUT2D eigenvalue weighted by Crippen LogP contribution is -2.10. The predicted octanol–water partition coefficient (Wildman–Crippen LogP) is 12.5. The number of carboxylic acid groups (broad SMARTS) is 3. The summed E-state index contributed by atoms with van der Waals surface area (Å²) >= 11 is 1.09. The molecule has 0 radical (unpaired) electrons. The van der Waals surface area contributed by atoms with Crippen LogP contribution in [0.4, 0.5) is 45.5 Å². The van der Waals surface area contributed by atoms with Gasteiger partial charge in [-0.2, -0.15) is 8.75 Å². The monoisotopic (exact) mass is 966 g/mol. The second kappa shape index (κ2) is 22.8. The first-order valence-electron chi connectivity index (χ1n) is 23.6. The molecule has 0 bridgehead atoms. The van der Waals surface area contributed by atoms with Crippen LogP contribution in [0.2, 0.25) is 0 Å². The van der Waals surface area contributed by atoms with Gasteiger partial charge in [0.1, 0.15) is 17.3 Å². The van der Waals surface area contributed by atoms with Gasteiger partial charge < -0.3 is 41.4 Å². The zero-order chi connectivity index (χ0) is 49.9. The average Bonchev–Trinajstić information content (AvgIpc) is 3.85. The fourth-order valence-electron chi connectivity index (χ4n) is 8.85. The third kappa shape index (κ3) is 11.9. The number of unbranched alkanes of at least 4 members (excludes halogenated alkanes) is 1. The van der Waals surface area contributed by atoms with Crippen LogP contribution >= 0.6 is 11.7 Å². The van der Waals surface area contributed by atoms with Crippen LogP contribution in [-0.4, -0.2) is 48.3 Å². The number of carbonyl (C=O) groups is 4. The number of hydrogen-bond donors (Lipinski definition) is 5. The Morgan fingerprint density at radius 3 is 1.04 bits per heavy atom. The van der Waals surface area contributed by atoms with E-state index in [-0.39, 0.29) is 19.3 Å². The molecule has 7 aromatic carbocycles. The van der Waals surface area contributed by atoms with E-state index in [2.05, 4.69) is 34.1 Å². The largest absolute Gasteiger partial charge is 0.481 e. The highest BCUT2D eigenvalue weighted by molar-refractivity contribution is 7.00. The van der Waals surface area contributed by atoms with Crippen molar-refractivity contribution in [2.75, 3.05) is 21.3 Å². The van der Waals surface area contributed by atoms with Crippen LogP contribution in [0.3, 0.4) is 0 Å². The molecule has 7 N–H and O–H groups in total. The number of fused-ring (bicyclic) bond motifs is 1. The molecule has 0 saturated heterocycles. The average molecular weight is 967 g/mol. The second-order valence-corrected chi connectivity index (χ2v) is 17.9. The second-order valence-electron chi connectivity index (χ2n) is 17.4. The van der Waals surface area contributed by atoms with E-state index in [9.17, 15) is 24.3 Å². The number of carbonyl (C=O) groups excluding carboxylic acids is 1. The van der Waals surface area contributed by atoms with Gasteiger partial charge in [-0.15, -0.1) is 0 Å². The summed E-state index contributed by atoms with van der Waals surface area (Å²) in [6.07, 6.45) is 6.12. The molecular weight excluding hydrogens is 913 g/mol. The molecule has 0 fully saturated rings. The molecule has 8 rings (SSSR count). The molecule has 8 aromatic rings. The maximum Gasteiger partial charge on any atom is 0.303 e. The van der Waals surface area contributed by atoms with Crippen molar-refractivity contribution in [2.24, 2.45) is 0 Å². The van der Waals surface area contributed by atoms with Crippen molar-refractivity contribution >= 4 is 92.5 Å². The summed E-state index contributed by atoms with van der Waals surface area (Å²) in [5, 5.41) is 27.5. The van der Waals surface area contributed by atoms with Crippen LogP contribution in [0, 0.1) is 0 Å². The third-order valence-corrected chi connectivity index (χ3v) is 13.1. The van der Waals surface area contributed by atoms with Crippen LogP contribution in [0.25, 0.3) is 33.3 Å². The highest BCUT2D eigenvalue weighted by atomic mass is 32.1. The van der Waals surface area contributed by atoms with E-state index in [0.717, 1.165) is 98.4 Å². The molecule has 360 valence electrons. The smallest absolute Gasteiger partial charge is 0.303 e. The number of aromatic nitrogens is 2. The molecule has 0 aliphatic rings. The summed E-state index contributed by atoms with van der Waals surface area (Å²) in [5.41, 5.74) is 28.5. The number of carboxylic acids is 3. The quantitative estimate of drug-likeness (QED) is 0.0230. The van der Waals surface area contributed by atoms with Gasteiger partial charge in [-0.05, 0) is 151 Å². The molecule has 13 nitrogen and oxygen atoms in total. The number of anilines is 8. The number of nitrogen functional groups attached to an aromatic ring is 2. The van der Waals surface area contributed by atoms with E-state index in [1.54, 1.807) is 0 Å². The molecule has 14 heteroatoms. The lowest BCUT2D eigenvalue weighted by Gasteiger charge is -2.26. The minimum Gasteiger partial charge on any atom is -0.481 e. The highest BCUT2D eigenvalue weighted by Crippen LogP contribution is 2.46. The van der Waals surface area contributed by atoms with Crippen molar-refractivity contribution < 1.29 is 34.5 Å². The lowest BCUT2D eigenvalue weighted by atomic mass is 9.93. The van der Waals surface area contributed by atoms with Gasteiger partial charge in [0, 0.05) is 70.9 Å². The standard InChI is InChI=1S/C57H54N6O7S/c58-54-52(41-19-31-47(32-20-41)62(43-23-10-37(11-24-43)5-1-2-36-64)44-25-12-38(13-26-44)6-3-8-49(65)66)56-57(61-71-60-56)53(55(54)59)42-21-33-48(34-22-42)63(46-29-16-40(17-30-46)18-35-51(69)70)45-27-14-39(15-28-45)7-4-9-50(67)68/h10-17,19-34,36H,1-9,18,35,58-59H2,(H,65,66)(H,67,68)(H,69,70). The Hall–Kier alpha value is -8.36. The van der Waals surface area contributed by atoms with Crippen LogP contribution in [0.5, 0.6) is 0 Å². The van der Waals surface area contributed by atoms with Crippen LogP contribution in [0.1, 0.15) is 67.2 Å². The van der Waals surface area contributed by atoms with Crippen molar-refractivity contribution in [3.63, 3.8) is 0 Å². The zero-order valence-corrected chi connectivity index (χ0v) is 39.9. The van der Waals surface area contributed by atoms with Crippen molar-refractivity contribution in [3.8, 4) is 22.3 Å². The Balaban J connectivity index is 1.10. The molecule has 0 saturated carbocycles. The number of aliphatic carboxylic acids is 3. The number of nitrogens with two attached hydrogens (primary N) is 2.